The van der Waals surface area contributed by atoms with Crippen LogP contribution in [0.1, 0.15) is 24.0 Å². The van der Waals surface area contributed by atoms with E-state index in [2.05, 4.69) is 10.6 Å². The Hall–Kier alpha value is -3.88. The molecule has 0 aromatic heterocycles. The number of amides is 4. The molecular weight excluding hydrogens is 414 g/mol. The number of methoxy groups -OCH3 is 1. The van der Waals surface area contributed by atoms with Gasteiger partial charge in [-0.25, -0.2) is 4.79 Å². The molecule has 166 valence electrons. The molecule has 9 nitrogen and oxygen atoms in total. The van der Waals surface area contributed by atoms with Crippen LogP contribution in [0.5, 0.6) is 5.75 Å². The van der Waals surface area contributed by atoms with Gasteiger partial charge in [0.1, 0.15) is 17.8 Å². The topological polar surface area (TPSA) is 114 Å². The van der Waals surface area contributed by atoms with Crippen molar-refractivity contribution in [2.24, 2.45) is 0 Å². The number of urea groups is 1. The van der Waals surface area contributed by atoms with E-state index in [-0.39, 0.29) is 0 Å². The average Bonchev–Trinajstić information content (AvgIpc) is 3.03. The van der Waals surface area contributed by atoms with Gasteiger partial charge >= 0.3 is 12.0 Å². The second kappa shape index (κ2) is 8.70. The molecule has 2 N–H and O–H groups in total. The summed E-state index contributed by atoms with van der Waals surface area (Å²) in [4.78, 5) is 50.9. The van der Waals surface area contributed by atoms with E-state index in [1.54, 1.807) is 24.3 Å². The fourth-order valence-electron chi connectivity index (χ4n) is 4.17. The third-order valence-electron chi connectivity index (χ3n) is 5.66. The summed E-state index contributed by atoms with van der Waals surface area (Å²) in [6.45, 7) is -1.12. The number of nitrogens with zero attached hydrogens (tertiary/aromatic N) is 1. The summed E-state index contributed by atoms with van der Waals surface area (Å²) in [7, 11) is 1.51. The summed E-state index contributed by atoms with van der Waals surface area (Å²) < 4.78 is 10.1. The number of aryl methyl sites for hydroxylation is 1. The maximum Gasteiger partial charge on any atom is 0.326 e. The Kier molecular flexibility index (Phi) is 5.81. The first-order chi connectivity index (χ1) is 15.4. The number of fused-ring (bicyclic) bond motifs is 2. The van der Waals surface area contributed by atoms with Crippen molar-refractivity contribution in [3.8, 4) is 5.75 Å². The minimum atomic E-state index is -1.16. The van der Waals surface area contributed by atoms with E-state index >= 15 is 0 Å². The van der Waals surface area contributed by atoms with Crippen LogP contribution in [0.3, 0.4) is 0 Å². The molecule has 1 aliphatic carbocycles. The predicted molar refractivity (Wildman–Crippen MR) is 114 cm³/mol. The smallest absolute Gasteiger partial charge is 0.326 e. The maximum atomic E-state index is 13.2. The maximum absolute atomic E-state index is 13.2. The van der Waals surface area contributed by atoms with Crippen molar-refractivity contribution in [3.05, 3.63) is 59.7 Å². The Bertz CT molecular complexity index is 1080. The average molecular weight is 437 g/mol. The Balaban J connectivity index is 1.36. The summed E-state index contributed by atoms with van der Waals surface area (Å²) in [5.74, 6) is -1.32. The highest BCUT2D eigenvalue weighted by molar-refractivity contribution is 6.09. The number of hydrogen-bond donors (Lipinski definition) is 2. The molecule has 0 saturated carbocycles. The van der Waals surface area contributed by atoms with Gasteiger partial charge < -0.3 is 20.1 Å². The van der Waals surface area contributed by atoms with Gasteiger partial charge in [-0.2, -0.15) is 0 Å². The summed E-state index contributed by atoms with van der Waals surface area (Å²) >= 11 is 0. The largest absolute Gasteiger partial charge is 0.497 e. The number of nitrogens with one attached hydrogen (secondary N) is 2. The Morgan fingerprint density at radius 2 is 1.97 bits per heavy atom. The van der Waals surface area contributed by atoms with Gasteiger partial charge in [-0.15, -0.1) is 0 Å². The zero-order chi connectivity index (χ0) is 22.7. The molecule has 2 aromatic rings. The molecule has 1 heterocycles. The number of benzene rings is 2. The Morgan fingerprint density at radius 1 is 1.16 bits per heavy atom. The minimum absolute atomic E-state index is 0.461. The van der Waals surface area contributed by atoms with Crippen molar-refractivity contribution in [3.63, 3.8) is 0 Å². The molecule has 4 rings (SSSR count). The van der Waals surface area contributed by atoms with Gasteiger partial charge in [0.05, 0.1) is 7.11 Å². The zero-order valence-corrected chi connectivity index (χ0v) is 17.6. The third kappa shape index (κ3) is 4.01. The molecule has 32 heavy (non-hydrogen) atoms. The van der Waals surface area contributed by atoms with Gasteiger partial charge in [-0.05, 0) is 42.5 Å². The van der Waals surface area contributed by atoms with Crippen LogP contribution in [0.15, 0.2) is 48.5 Å². The first-order valence-electron chi connectivity index (χ1n) is 10.2. The van der Waals surface area contributed by atoms with Crippen molar-refractivity contribution in [2.75, 3.05) is 25.6 Å². The van der Waals surface area contributed by atoms with Gasteiger partial charge in [0, 0.05) is 11.8 Å². The molecule has 1 unspecified atom stereocenters. The Morgan fingerprint density at radius 3 is 2.78 bits per heavy atom. The van der Waals surface area contributed by atoms with Crippen LogP contribution in [0.2, 0.25) is 0 Å². The quantitative estimate of drug-likeness (QED) is 0.528. The normalized spacial score (nSPS) is 19.3. The van der Waals surface area contributed by atoms with Gasteiger partial charge in [0.15, 0.2) is 6.61 Å². The van der Waals surface area contributed by atoms with Crippen LogP contribution in [-0.2, 0) is 31.1 Å². The molecule has 0 radical (unpaired) electrons. The van der Waals surface area contributed by atoms with E-state index in [0.29, 0.717) is 17.9 Å². The molecule has 1 atom stereocenters. The first kappa shape index (κ1) is 21.4. The van der Waals surface area contributed by atoms with Crippen LogP contribution < -0.4 is 15.4 Å². The second-order valence-corrected chi connectivity index (χ2v) is 7.68. The SMILES string of the molecule is COc1cccc(NC(=O)COC(=O)CN2C(=O)NC3(CCCc4ccccc43)C2=O)c1. The molecule has 1 aliphatic heterocycles. The molecular formula is C23H23N3O6. The van der Waals surface area contributed by atoms with Crippen molar-refractivity contribution in [1.29, 1.82) is 0 Å². The van der Waals surface area contributed by atoms with Gasteiger partial charge in [0.2, 0.25) is 0 Å². The van der Waals surface area contributed by atoms with Crippen LogP contribution in [0, 0.1) is 0 Å². The van der Waals surface area contributed by atoms with Crippen molar-refractivity contribution in [1.82, 2.24) is 10.2 Å². The number of imide groups is 1. The summed E-state index contributed by atoms with van der Waals surface area (Å²) in [5, 5.41) is 5.36. The highest BCUT2D eigenvalue weighted by atomic mass is 16.5. The van der Waals surface area contributed by atoms with Crippen LogP contribution in [-0.4, -0.2) is 49.0 Å². The minimum Gasteiger partial charge on any atom is -0.497 e. The highest BCUT2D eigenvalue weighted by Gasteiger charge is 2.54. The van der Waals surface area contributed by atoms with Gasteiger partial charge in [-0.1, -0.05) is 30.3 Å². The number of carbonyl (C=O) groups is 4. The second-order valence-electron chi connectivity index (χ2n) is 7.68. The molecule has 2 aromatic carbocycles. The molecule has 1 saturated heterocycles. The molecule has 1 spiro atoms. The molecule has 9 heteroatoms. The van der Waals surface area contributed by atoms with E-state index in [4.69, 9.17) is 9.47 Å². The van der Waals surface area contributed by atoms with E-state index in [1.165, 1.54) is 7.11 Å². The van der Waals surface area contributed by atoms with E-state index in [0.717, 1.165) is 28.9 Å². The van der Waals surface area contributed by atoms with E-state index in [1.807, 2.05) is 24.3 Å². The standard InChI is InChI=1S/C23H23N3O6/c1-31-17-9-4-8-16(12-17)24-19(27)14-32-20(28)13-26-21(29)23(25-22(26)30)11-5-7-15-6-2-3-10-18(15)23/h2-4,6,8-10,12H,5,7,11,13-14H2,1H3,(H,24,27)(H,25,30). The number of rotatable bonds is 6. The lowest BCUT2D eigenvalue weighted by atomic mass is 9.76. The monoisotopic (exact) mass is 437 g/mol. The van der Waals surface area contributed by atoms with Gasteiger partial charge in [0.25, 0.3) is 11.8 Å². The highest BCUT2D eigenvalue weighted by Crippen LogP contribution is 2.39. The predicted octanol–water partition coefficient (Wildman–Crippen LogP) is 1.96. The number of hydrogen-bond acceptors (Lipinski definition) is 6. The fourth-order valence-corrected chi connectivity index (χ4v) is 4.17. The molecule has 2 aliphatic rings. The van der Waals surface area contributed by atoms with Gasteiger partial charge in [-0.3, -0.25) is 19.3 Å². The fraction of sp³-hybridized carbons (Fsp3) is 0.304. The lowest BCUT2D eigenvalue weighted by Crippen LogP contribution is -2.46. The van der Waals surface area contributed by atoms with Crippen LogP contribution >= 0.6 is 0 Å². The number of esters is 1. The zero-order valence-electron chi connectivity index (χ0n) is 17.6. The number of carbonyl (C=O) groups excluding carboxylic acids is 4. The van der Waals surface area contributed by atoms with Crippen LogP contribution in [0.4, 0.5) is 10.5 Å². The van der Waals surface area contributed by atoms with Crippen molar-refractivity contribution in [2.45, 2.75) is 24.8 Å². The van der Waals surface area contributed by atoms with E-state index < -0.39 is 42.5 Å². The summed E-state index contributed by atoms with van der Waals surface area (Å²) in [6, 6.07) is 13.6. The number of ether oxygens (including phenoxy) is 2. The lowest BCUT2D eigenvalue weighted by Gasteiger charge is -2.33. The Labute approximate surface area is 184 Å². The van der Waals surface area contributed by atoms with E-state index in [9.17, 15) is 19.2 Å². The van der Waals surface area contributed by atoms with Crippen molar-refractivity contribution < 1.29 is 28.7 Å². The van der Waals surface area contributed by atoms with Crippen LogP contribution in [0.25, 0.3) is 0 Å². The molecule has 4 amide bonds. The molecule has 0 bridgehead atoms. The summed E-state index contributed by atoms with van der Waals surface area (Å²) in [6.07, 6.45) is 2.03. The third-order valence-corrected chi connectivity index (χ3v) is 5.66. The number of anilines is 1. The first-order valence-corrected chi connectivity index (χ1v) is 10.2. The van der Waals surface area contributed by atoms with Crippen molar-refractivity contribution >= 4 is 29.5 Å². The lowest BCUT2D eigenvalue weighted by molar-refractivity contribution is -0.150. The molecule has 1 fully saturated rings. The summed E-state index contributed by atoms with van der Waals surface area (Å²) in [5.41, 5.74) is 1.09.